The minimum Gasteiger partial charge on any atom is -0.496 e. The summed E-state index contributed by atoms with van der Waals surface area (Å²) in [5.74, 6) is 1.26. The fraction of sp³-hybridized carbons (Fsp3) is 0.250. The Labute approximate surface area is 162 Å². The van der Waals surface area contributed by atoms with Crippen LogP contribution in [0, 0.1) is 6.92 Å². The Kier molecular flexibility index (Phi) is 6.13. The van der Waals surface area contributed by atoms with Gasteiger partial charge in [-0.1, -0.05) is 41.6 Å². The zero-order valence-electron chi connectivity index (χ0n) is 15.5. The van der Waals surface area contributed by atoms with Crippen LogP contribution in [0.3, 0.4) is 0 Å². The van der Waals surface area contributed by atoms with Crippen molar-refractivity contribution >= 4 is 17.7 Å². The molecule has 0 aliphatic heterocycles. The zero-order valence-corrected chi connectivity index (χ0v) is 16.3. The van der Waals surface area contributed by atoms with Gasteiger partial charge in [-0.15, -0.1) is 10.2 Å². The maximum atomic E-state index is 11.8. The van der Waals surface area contributed by atoms with Gasteiger partial charge in [-0.05, 0) is 38.1 Å². The van der Waals surface area contributed by atoms with Crippen molar-refractivity contribution in [1.29, 1.82) is 0 Å². The van der Waals surface area contributed by atoms with Crippen LogP contribution >= 0.6 is 11.8 Å². The highest BCUT2D eigenvalue weighted by molar-refractivity contribution is 7.99. The number of methoxy groups -OCH3 is 1. The molecule has 0 N–H and O–H groups in total. The van der Waals surface area contributed by atoms with Gasteiger partial charge in [-0.2, -0.15) is 0 Å². The van der Waals surface area contributed by atoms with Gasteiger partial charge in [0, 0.05) is 5.69 Å². The number of rotatable bonds is 7. The van der Waals surface area contributed by atoms with Crippen molar-refractivity contribution in [1.82, 2.24) is 14.8 Å². The van der Waals surface area contributed by atoms with Crippen molar-refractivity contribution in [3.8, 4) is 22.8 Å². The number of carbonyl (C=O) groups is 1. The van der Waals surface area contributed by atoms with E-state index < -0.39 is 0 Å². The molecule has 0 atom stereocenters. The summed E-state index contributed by atoms with van der Waals surface area (Å²) in [5, 5.41) is 9.31. The first-order valence-corrected chi connectivity index (χ1v) is 9.57. The van der Waals surface area contributed by atoms with Gasteiger partial charge < -0.3 is 9.47 Å². The lowest BCUT2D eigenvalue weighted by molar-refractivity contribution is -0.139. The third-order valence-electron chi connectivity index (χ3n) is 3.90. The maximum Gasteiger partial charge on any atom is 0.316 e. The molecule has 0 aliphatic carbocycles. The van der Waals surface area contributed by atoms with Crippen LogP contribution < -0.4 is 4.74 Å². The first-order chi connectivity index (χ1) is 13.1. The number of aryl methyl sites for hydroxylation is 1. The molecule has 0 bridgehead atoms. The minimum atomic E-state index is -0.278. The van der Waals surface area contributed by atoms with Crippen LogP contribution in [-0.4, -0.2) is 40.2 Å². The van der Waals surface area contributed by atoms with Crippen molar-refractivity contribution in [3.05, 3.63) is 54.1 Å². The molecule has 27 heavy (non-hydrogen) atoms. The Morgan fingerprint density at radius 3 is 2.56 bits per heavy atom. The first-order valence-electron chi connectivity index (χ1n) is 8.58. The number of para-hydroxylation sites is 1. The first kappa shape index (κ1) is 19.0. The number of thioether (sulfide) groups is 1. The Bertz CT molecular complexity index is 922. The lowest BCUT2D eigenvalue weighted by Gasteiger charge is -2.12. The van der Waals surface area contributed by atoms with E-state index in [2.05, 4.69) is 10.2 Å². The van der Waals surface area contributed by atoms with Gasteiger partial charge in [-0.25, -0.2) is 0 Å². The normalized spacial score (nSPS) is 10.6. The van der Waals surface area contributed by atoms with Gasteiger partial charge in [0.05, 0.1) is 25.0 Å². The molecular weight excluding hydrogens is 362 g/mol. The highest BCUT2D eigenvalue weighted by atomic mass is 32.2. The smallest absolute Gasteiger partial charge is 0.316 e. The molecule has 0 spiro atoms. The van der Waals surface area contributed by atoms with E-state index in [0.29, 0.717) is 23.3 Å². The summed E-state index contributed by atoms with van der Waals surface area (Å²) < 4.78 is 12.4. The van der Waals surface area contributed by atoms with Crippen molar-refractivity contribution in [3.63, 3.8) is 0 Å². The second-order valence-electron chi connectivity index (χ2n) is 5.77. The van der Waals surface area contributed by atoms with E-state index in [4.69, 9.17) is 9.47 Å². The number of hydrogen-bond donors (Lipinski definition) is 0. The van der Waals surface area contributed by atoms with Crippen LogP contribution in [0.5, 0.6) is 5.75 Å². The van der Waals surface area contributed by atoms with Crippen LogP contribution in [0.25, 0.3) is 17.1 Å². The minimum absolute atomic E-state index is 0.170. The Morgan fingerprint density at radius 2 is 1.85 bits per heavy atom. The van der Waals surface area contributed by atoms with Crippen molar-refractivity contribution in [2.24, 2.45) is 0 Å². The van der Waals surface area contributed by atoms with E-state index in [-0.39, 0.29) is 11.7 Å². The molecule has 2 aromatic carbocycles. The fourth-order valence-corrected chi connectivity index (χ4v) is 3.37. The number of carbonyl (C=O) groups excluding carboxylic acids is 1. The molecule has 3 rings (SSSR count). The predicted octanol–water partition coefficient (Wildman–Crippen LogP) is 3.91. The highest BCUT2D eigenvalue weighted by Gasteiger charge is 2.19. The summed E-state index contributed by atoms with van der Waals surface area (Å²) in [4.78, 5) is 11.8. The Balaban J connectivity index is 2.06. The van der Waals surface area contributed by atoms with Gasteiger partial charge in [0.1, 0.15) is 5.75 Å². The molecule has 0 amide bonds. The SMILES string of the molecule is CCOC(=O)CSc1nnc(-c2ccccc2OC)n1-c1ccc(C)cc1. The molecule has 3 aromatic rings. The summed E-state index contributed by atoms with van der Waals surface area (Å²) in [6.45, 7) is 4.18. The summed E-state index contributed by atoms with van der Waals surface area (Å²) in [5.41, 5.74) is 2.90. The quantitative estimate of drug-likeness (QED) is 0.455. The lowest BCUT2D eigenvalue weighted by Crippen LogP contribution is -2.08. The van der Waals surface area contributed by atoms with Crippen molar-refractivity contribution in [2.75, 3.05) is 19.5 Å². The van der Waals surface area contributed by atoms with Gasteiger partial charge in [-0.3, -0.25) is 9.36 Å². The Hall–Kier alpha value is -2.80. The molecule has 0 saturated heterocycles. The Morgan fingerprint density at radius 1 is 1.11 bits per heavy atom. The molecule has 0 saturated carbocycles. The maximum absolute atomic E-state index is 11.8. The topological polar surface area (TPSA) is 66.2 Å². The number of benzene rings is 2. The van der Waals surface area contributed by atoms with Crippen LogP contribution in [0.4, 0.5) is 0 Å². The number of hydrogen-bond acceptors (Lipinski definition) is 6. The number of esters is 1. The lowest BCUT2D eigenvalue weighted by atomic mass is 10.1. The van der Waals surface area contributed by atoms with E-state index in [0.717, 1.165) is 16.8 Å². The number of nitrogens with zero attached hydrogens (tertiary/aromatic N) is 3. The van der Waals surface area contributed by atoms with Crippen molar-refractivity contribution in [2.45, 2.75) is 19.0 Å². The van der Waals surface area contributed by atoms with E-state index >= 15 is 0 Å². The van der Waals surface area contributed by atoms with E-state index in [9.17, 15) is 4.79 Å². The molecule has 6 nitrogen and oxygen atoms in total. The highest BCUT2D eigenvalue weighted by Crippen LogP contribution is 2.33. The van der Waals surface area contributed by atoms with E-state index in [1.807, 2.05) is 60.0 Å². The van der Waals surface area contributed by atoms with Crippen molar-refractivity contribution < 1.29 is 14.3 Å². The molecule has 140 valence electrons. The van der Waals surface area contributed by atoms with Crippen LogP contribution in [0.2, 0.25) is 0 Å². The van der Waals surface area contributed by atoms with Crippen LogP contribution in [0.15, 0.2) is 53.7 Å². The van der Waals surface area contributed by atoms with Crippen LogP contribution in [-0.2, 0) is 9.53 Å². The molecule has 0 radical (unpaired) electrons. The van der Waals surface area contributed by atoms with Gasteiger partial charge in [0.25, 0.3) is 0 Å². The van der Waals surface area contributed by atoms with Gasteiger partial charge in [0.15, 0.2) is 11.0 Å². The second-order valence-corrected chi connectivity index (χ2v) is 6.71. The van der Waals surface area contributed by atoms with Gasteiger partial charge >= 0.3 is 5.97 Å². The molecular formula is C20H21N3O3S. The summed E-state index contributed by atoms with van der Waals surface area (Å²) in [6.07, 6.45) is 0. The molecule has 1 aromatic heterocycles. The molecule has 0 fully saturated rings. The zero-order chi connectivity index (χ0) is 19.2. The third kappa shape index (κ3) is 4.31. The number of ether oxygens (including phenoxy) is 2. The molecule has 0 unspecified atom stereocenters. The standard InChI is InChI=1S/C20H21N3O3S/c1-4-26-18(24)13-27-20-22-21-19(16-7-5-6-8-17(16)25-3)23(20)15-11-9-14(2)10-12-15/h5-12H,4,13H2,1-3H3. The molecule has 0 aliphatic rings. The largest absolute Gasteiger partial charge is 0.496 e. The summed E-state index contributed by atoms with van der Waals surface area (Å²) in [6, 6.07) is 15.7. The molecule has 7 heteroatoms. The monoisotopic (exact) mass is 383 g/mol. The van der Waals surface area contributed by atoms with E-state index in [1.165, 1.54) is 11.8 Å². The second kappa shape index (κ2) is 8.73. The van der Waals surface area contributed by atoms with Gasteiger partial charge in [0.2, 0.25) is 0 Å². The predicted molar refractivity (Wildman–Crippen MR) is 105 cm³/mol. The van der Waals surface area contributed by atoms with Crippen LogP contribution in [0.1, 0.15) is 12.5 Å². The number of aromatic nitrogens is 3. The average Bonchev–Trinajstić information content (AvgIpc) is 3.11. The summed E-state index contributed by atoms with van der Waals surface area (Å²) in [7, 11) is 1.63. The molecule has 1 heterocycles. The average molecular weight is 383 g/mol. The fourth-order valence-electron chi connectivity index (χ4n) is 2.62. The third-order valence-corrected chi connectivity index (χ3v) is 4.80. The van der Waals surface area contributed by atoms with E-state index in [1.54, 1.807) is 14.0 Å². The summed E-state index contributed by atoms with van der Waals surface area (Å²) >= 11 is 1.30.